The van der Waals surface area contributed by atoms with Crippen LogP contribution in [-0.4, -0.2) is 87.0 Å². The molecule has 0 saturated heterocycles. The summed E-state index contributed by atoms with van der Waals surface area (Å²) in [4.78, 5) is 47.5. The predicted octanol–water partition coefficient (Wildman–Crippen LogP) is 4.64. The summed E-state index contributed by atoms with van der Waals surface area (Å²) in [6, 6.07) is 14.1. The lowest BCUT2D eigenvalue weighted by molar-refractivity contribution is -0.140. The van der Waals surface area contributed by atoms with Gasteiger partial charge >= 0.3 is 6.18 Å². The standard InChI is InChI=1S/C37H45F3N10O3.ClH/c1-3-49(4-2)20-19-43-34(51)31-18-17-29(32(44-31)37(38,39)40)25-9-5-23(6-10-25)21-30(42)36(53)50(35(52)27-11-7-24(22-41)8-12-27)28-15-13-26(14-16-28)33-45-47-48-46-33;/h5-6,9-10,13-18,24,27,30H,3-4,7-8,11-12,19-22,41-42H2,1-2H3,(H,43,51)(H,45,46,47,48);1H/t24-,27-,30-;/m0./s1. The lowest BCUT2D eigenvalue weighted by atomic mass is 9.81. The van der Waals surface area contributed by atoms with E-state index in [0.717, 1.165) is 30.8 Å². The van der Waals surface area contributed by atoms with Gasteiger partial charge in [-0.3, -0.25) is 14.4 Å². The van der Waals surface area contributed by atoms with Crippen LogP contribution >= 0.6 is 12.4 Å². The van der Waals surface area contributed by atoms with Crippen LogP contribution in [0.4, 0.5) is 18.9 Å². The van der Waals surface area contributed by atoms with Gasteiger partial charge in [-0.25, -0.2) is 9.88 Å². The van der Waals surface area contributed by atoms with Gasteiger partial charge in [0, 0.05) is 30.1 Å². The Balaban J connectivity index is 0.00000650. The number of nitrogens with zero attached hydrogens (tertiary/aromatic N) is 6. The van der Waals surface area contributed by atoms with Crippen LogP contribution in [0.2, 0.25) is 0 Å². The van der Waals surface area contributed by atoms with E-state index in [1.165, 1.54) is 24.3 Å². The third-order valence-corrected chi connectivity index (χ3v) is 9.74. The van der Waals surface area contributed by atoms with Crippen molar-refractivity contribution >= 4 is 35.8 Å². The van der Waals surface area contributed by atoms with Gasteiger partial charge in [-0.05, 0) is 110 Å². The maximum absolute atomic E-state index is 14.2. The van der Waals surface area contributed by atoms with Gasteiger partial charge in [-0.1, -0.05) is 38.1 Å². The summed E-state index contributed by atoms with van der Waals surface area (Å²) in [5.41, 5.74) is 12.3. The fourth-order valence-corrected chi connectivity index (χ4v) is 6.55. The average Bonchev–Trinajstić information content (AvgIpc) is 3.72. The molecule has 2 aromatic carbocycles. The van der Waals surface area contributed by atoms with Crippen LogP contribution in [0.5, 0.6) is 0 Å². The Kier molecular flexibility index (Phi) is 14.8. The Hall–Kier alpha value is -4.77. The Morgan fingerprint density at radius 3 is 2.17 bits per heavy atom. The number of carbonyl (C=O) groups excluding carboxylic acids is 3. The fourth-order valence-electron chi connectivity index (χ4n) is 6.55. The number of amides is 3. The fraction of sp³-hybridized carbons (Fsp3) is 0.432. The van der Waals surface area contributed by atoms with Gasteiger partial charge in [0.1, 0.15) is 5.69 Å². The normalized spacial score (nSPS) is 16.4. The molecule has 5 rings (SSSR count). The van der Waals surface area contributed by atoms with E-state index >= 15 is 0 Å². The minimum absolute atomic E-state index is 0. The topological polar surface area (TPSA) is 189 Å². The molecule has 13 nitrogen and oxygen atoms in total. The Morgan fingerprint density at radius 2 is 1.59 bits per heavy atom. The van der Waals surface area contributed by atoms with E-state index in [-0.39, 0.29) is 54.0 Å². The minimum Gasteiger partial charge on any atom is -0.349 e. The number of nitrogens with one attached hydrogen (secondary N) is 2. The number of halogens is 4. The Morgan fingerprint density at radius 1 is 0.944 bits per heavy atom. The number of imide groups is 1. The van der Waals surface area contributed by atoms with Crippen LogP contribution < -0.4 is 21.7 Å². The van der Waals surface area contributed by atoms with Crippen LogP contribution in [0, 0.1) is 11.8 Å². The van der Waals surface area contributed by atoms with E-state index in [1.54, 1.807) is 36.4 Å². The van der Waals surface area contributed by atoms with Crippen LogP contribution in [0.25, 0.3) is 22.5 Å². The van der Waals surface area contributed by atoms with Gasteiger partial charge in [0.25, 0.3) is 11.8 Å². The first-order chi connectivity index (χ1) is 25.4. The zero-order valence-electron chi connectivity index (χ0n) is 30.2. The van der Waals surface area contributed by atoms with Gasteiger partial charge in [0.2, 0.25) is 11.7 Å². The van der Waals surface area contributed by atoms with Crippen molar-refractivity contribution in [1.82, 2.24) is 35.8 Å². The average molecular weight is 771 g/mol. The zero-order valence-corrected chi connectivity index (χ0v) is 31.0. The molecule has 1 aliphatic rings. The van der Waals surface area contributed by atoms with E-state index in [9.17, 15) is 27.6 Å². The highest BCUT2D eigenvalue weighted by Crippen LogP contribution is 2.36. The molecular formula is C37H46ClF3N10O3. The summed E-state index contributed by atoms with van der Waals surface area (Å²) in [5.74, 6) is -1.36. The molecule has 4 aromatic rings. The molecule has 1 atom stereocenters. The maximum Gasteiger partial charge on any atom is 0.433 e. The summed E-state index contributed by atoms with van der Waals surface area (Å²) in [6.45, 7) is 6.90. The van der Waals surface area contributed by atoms with E-state index < -0.39 is 29.7 Å². The minimum atomic E-state index is -4.83. The molecule has 1 saturated carbocycles. The molecule has 0 unspecified atom stereocenters. The summed E-state index contributed by atoms with van der Waals surface area (Å²) in [6.07, 6.45) is -2.06. The number of nitrogens with two attached hydrogens (primary N) is 2. The molecule has 290 valence electrons. The molecule has 1 aliphatic carbocycles. The number of rotatable bonds is 14. The summed E-state index contributed by atoms with van der Waals surface area (Å²) >= 11 is 0. The molecular weight excluding hydrogens is 725 g/mol. The molecule has 1 fully saturated rings. The molecule has 54 heavy (non-hydrogen) atoms. The monoisotopic (exact) mass is 770 g/mol. The Bertz CT molecular complexity index is 1830. The van der Waals surface area contributed by atoms with Crippen LogP contribution in [0.3, 0.4) is 0 Å². The van der Waals surface area contributed by atoms with Crippen molar-refractivity contribution in [3.05, 3.63) is 77.6 Å². The molecule has 2 aromatic heterocycles. The third-order valence-electron chi connectivity index (χ3n) is 9.74. The number of pyridine rings is 1. The quantitative estimate of drug-likeness (QED) is 0.141. The highest BCUT2D eigenvalue weighted by atomic mass is 35.5. The van der Waals surface area contributed by atoms with E-state index in [0.29, 0.717) is 54.5 Å². The number of benzene rings is 2. The van der Waals surface area contributed by atoms with Crippen molar-refractivity contribution in [2.45, 2.75) is 58.2 Å². The van der Waals surface area contributed by atoms with Crippen molar-refractivity contribution in [2.75, 3.05) is 37.6 Å². The summed E-state index contributed by atoms with van der Waals surface area (Å²) < 4.78 is 42.6. The molecule has 17 heteroatoms. The summed E-state index contributed by atoms with van der Waals surface area (Å²) in [7, 11) is 0. The summed E-state index contributed by atoms with van der Waals surface area (Å²) in [5, 5.41) is 16.5. The van der Waals surface area contributed by atoms with Gasteiger partial charge < -0.3 is 21.7 Å². The number of H-pyrrole nitrogens is 1. The van der Waals surface area contributed by atoms with Crippen LogP contribution in [0.15, 0.2) is 60.7 Å². The first kappa shape index (κ1) is 42.0. The molecule has 3 amide bonds. The molecule has 0 spiro atoms. The molecule has 6 N–H and O–H groups in total. The molecule has 0 radical (unpaired) electrons. The number of tetrazole rings is 1. The number of aromatic amines is 1. The highest BCUT2D eigenvalue weighted by Gasteiger charge is 2.37. The second-order valence-electron chi connectivity index (χ2n) is 13.1. The second kappa shape index (κ2) is 19.0. The lowest BCUT2D eigenvalue weighted by Crippen LogP contribution is -2.50. The van der Waals surface area contributed by atoms with E-state index in [4.69, 9.17) is 11.5 Å². The van der Waals surface area contributed by atoms with Crippen LogP contribution in [0.1, 0.15) is 61.3 Å². The van der Waals surface area contributed by atoms with E-state index in [2.05, 4.69) is 35.8 Å². The lowest BCUT2D eigenvalue weighted by Gasteiger charge is -2.32. The molecule has 0 bridgehead atoms. The third kappa shape index (κ3) is 10.3. The van der Waals surface area contributed by atoms with Crippen LogP contribution in [-0.2, 0) is 22.2 Å². The highest BCUT2D eigenvalue weighted by molar-refractivity contribution is 6.17. The van der Waals surface area contributed by atoms with Crippen molar-refractivity contribution in [3.63, 3.8) is 0 Å². The maximum atomic E-state index is 14.2. The second-order valence-corrected chi connectivity index (χ2v) is 13.1. The molecule has 0 aliphatic heterocycles. The number of alkyl halides is 3. The van der Waals surface area contributed by atoms with Gasteiger partial charge in [-0.15, -0.1) is 22.6 Å². The van der Waals surface area contributed by atoms with Crippen molar-refractivity contribution in [3.8, 4) is 22.5 Å². The van der Waals surface area contributed by atoms with Gasteiger partial charge in [0.05, 0.1) is 11.7 Å². The molecule has 2 heterocycles. The number of hydrogen-bond acceptors (Lipinski definition) is 10. The SMILES string of the molecule is CCN(CC)CCNC(=O)c1ccc(-c2ccc(C[C@H](N)C(=O)N(c3ccc(-c4nn[nH]n4)cc3)C(=O)[C@H]3CC[C@H](CN)CC3)cc2)c(C(F)(F)F)n1.Cl. The zero-order chi connectivity index (χ0) is 38.1. The van der Waals surface area contributed by atoms with Gasteiger partial charge in [-0.2, -0.15) is 18.4 Å². The van der Waals surface area contributed by atoms with E-state index in [1.807, 2.05) is 13.8 Å². The largest absolute Gasteiger partial charge is 0.433 e. The number of aromatic nitrogens is 5. The van der Waals surface area contributed by atoms with Gasteiger partial charge in [0.15, 0.2) is 5.69 Å². The first-order valence-corrected chi connectivity index (χ1v) is 17.8. The number of carbonyl (C=O) groups is 3. The smallest absolute Gasteiger partial charge is 0.349 e. The number of anilines is 1. The Labute approximate surface area is 317 Å². The first-order valence-electron chi connectivity index (χ1n) is 17.8. The predicted molar refractivity (Wildman–Crippen MR) is 200 cm³/mol. The van der Waals surface area contributed by atoms with Crippen molar-refractivity contribution in [1.29, 1.82) is 0 Å². The van der Waals surface area contributed by atoms with Crippen molar-refractivity contribution in [2.24, 2.45) is 23.3 Å². The number of hydrogen-bond donors (Lipinski definition) is 4. The van der Waals surface area contributed by atoms with Crippen molar-refractivity contribution < 1.29 is 27.6 Å². The number of likely N-dealkylation sites (N-methyl/N-ethyl adjacent to an activating group) is 1.